The van der Waals surface area contributed by atoms with Crippen LogP contribution in [0.2, 0.25) is 0 Å². The molecule has 0 saturated heterocycles. The lowest BCUT2D eigenvalue weighted by molar-refractivity contribution is -0.384. The maximum atomic E-state index is 11.1. The van der Waals surface area contributed by atoms with Crippen LogP contribution in [0.3, 0.4) is 0 Å². The summed E-state index contributed by atoms with van der Waals surface area (Å²) in [7, 11) is 1.54. The maximum absolute atomic E-state index is 11.1. The zero-order valence-corrected chi connectivity index (χ0v) is 10.5. The van der Waals surface area contributed by atoms with Gasteiger partial charge in [-0.1, -0.05) is 0 Å². The van der Waals surface area contributed by atoms with Gasteiger partial charge in [0.05, 0.1) is 16.3 Å². The van der Waals surface area contributed by atoms with Crippen molar-refractivity contribution in [3.05, 3.63) is 33.3 Å². The monoisotopic (exact) mass is 265 g/mol. The largest absolute Gasteiger partial charge is 0.478 e. The Bertz CT molecular complexity index is 684. The molecule has 100 valence electrons. The second kappa shape index (κ2) is 4.19. The minimum atomic E-state index is -1.13. The number of rotatable bonds is 3. The van der Waals surface area contributed by atoms with Gasteiger partial charge in [-0.3, -0.25) is 14.8 Å². The van der Waals surface area contributed by atoms with E-state index in [0.717, 1.165) is 0 Å². The van der Waals surface area contributed by atoms with Crippen LogP contribution in [-0.4, -0.2) is 35.6 Å². The number of aromatic carboxylic acids is 1. The standard InChI is InChI=1S/C10H11N5O4/c1-5-8(10(16)17)6(2)14(11-5)9-7(15(18)19)4-13(3)12-9/h4H,1-3H3,(H,16,17). The summed E-state index contributed by atoms with van der Waals surface area (Å²) in [6.45, 7) is 3.06. The second-order valence-corrected chi connectivity index (χ2v) is 4.03. The molecule has 0 spiro atoms. The van der Waals surface area contributed by atoms with Crippen LogP contribution < -0.4 is 0 Å². The molecule has 0 aliphatic carbocycles. The van der Waals surface area contributed by atoms with Crippen molar-refractivity contribution in [1.82, 2.24) is 19.6 Å². The van der Waals surface area contributed by atoms with Gasteiger partial charge in [0, 0.05) is 7.05 Å². The Morgan fingerprint density at radius 2 is 2.05 bits per heavy atom. The normalized spacial score (nSPS) is 10.7. The molecule has 0 amide bonds. The minimum absolute atomic E-state index is 0.000556. The first kappa shape index (κ1) is 12.7. The van der Waals surface area contributed by atoms with Crippen molar-refractivity contribution in [3.8, 4) is 5.82 Å². The molecule has 0 aromatic carbocycles. The average Bonchev–Trinajstić information content (AvgIpc) is 2.79. The van der Waals surface area contributed by atoms with Crippen LogP contribution in [0.25, 0.3) is 5.82 Å². The number of aromatic nitrogens is 4. The Labute approximate surface area is 107 Å². The quantitative estimate of drug-likeness (QED) is 0.649. The van der Waals surface area contributed by atoms with Crippen LogP contribution >= 0.6 is 0 Å². The third kappa shape index (κ3) is 1.94. The third-order valence-electron chi connectivity index (χ3n) is 2.69. The average molecular weight is 265 g/mol. The number of aryl methyl sites for hydroxylation is 2. The first-order chi connectivity index (χ1) is 8.82. The topological polar surface area (TPSA) is 116 Å². The molecule has 9 heteroatoms. The van der Waals surface area contributed by atoms with Crippen LogP contribution in [0.1, 0.15) is 21.7 Å². The van der Waals surface area contributed by atoms with Crippen molar-refractivity contribution < 1.29 is 14.8 Å². The van der Waals surface area contributed by atoms with Crippen LogP contribution in [0, 0.1) is 24.0 Å². The molecule has 0 saturated carbocycles. The minimum Gasteiger partial charge on any atom is -0.478 e. The molecule has 19 heavy (non-hydrogen) atoms. The molecule has 2 rings (SSSR count). The fourth-order valence-corrected chi connectivity index (χ4v) is 1.90. The SMILES string of the molecule is Cc1nn(-c2nn(C)cc2[N+](=O)[O-])c(C)c1C(=O)O. The summed E-state index contributed by atoms with van der Waals surface area (Å²) in [6, 6.07) is 0. The Morgan fingerprint density at radius 1 is 1.42 bits per heavy atom. The zero-order valence-electron chi connectivity index (χ0n) is 10.5. The van der Waals surface area contributed by atoms with E-state index in [9.17, 15) is 14.9 Å². The lowest BCUT2D eigenvalue weighted by Crippen LogP contribution is -2.05. The molecule has 0 bridgehead atoms. The summed E-state index contributed by atoms with van der Waals surface area (Å²) in [5.74, 6) is -1.12. The number of hydrogen-bond donors (Lipinski definition) is 1. The van der Waals surface area contributed by atoms with Crippen LogP contribution in [0.15, 0.2) is 6.20 Å². The van der Waals surface area contributed by atoms with Gasteiger partial charge < -0.3 is 5.11 Å². The number of nitrogens with zero attached hydrogens (tertiary/aromatic N) is 5. The highest BCUT2D eigenvalue weighted by Gasteiger charge is 2.26. The van der Waals surface area contributed by atoms with E-state index < -0.39 is 10.9 Å². The van der Waals surface area contributed by atoms with Crippen LogP contribution in [0.4, 0.5) is 5.69 Å². The van der Waals surface area contributed by atoms with Crippen molar-refractivity contribution >= 4 is 11.7 Å². The molecular formula is C10H11N5O4. The molecule has 0 aliphatic rings. The van der Waals surface area contributed by atoms with E-state index in [4.69, 9.17) is 5.11 Å². The van der Waals surface area contributed by atoms with Crippen LogP contribution in [0.5, 0.6) is 0 Å². The highest BCUT2D eigenvalue weighted by Crippen LogP contribution is 2.24. The lowest BCUT2D eigenvalue weighted by Gasteiger charge is -1.99. The van der Waals surface area contributed by atoms with Gasteiger partial charge in [-0.05, 0) is 13.8 Å². The van der Waals surface area contributed by atoms with Gasteiger partial charge in [-0.2, -0.15) is 5.10 Å². The van der Waals surface area contributed by atoms with Crippen molar-refractivity contribution in [2.45, 2.75) is 13.8 Å². The first-order valence-corrected chi connectivity index (χ1v) is 5.31. The van der Waals surface area contributed by atoms with E-state index in [2.05, 4.69) is 10.2 Å². The Morgan fingerprint density at radius 3 is 2.53 bits per heavy atom. The summed E-state index contributed by atoms with van der Waals surface area (Å²) in [4.78, 5) is 21.5. The van der Waals surface area contributed by atoms with Gasteiger partial charge in [-0.25, -0.2) is 9.48 Å². The number of hydrogen-bond acceptors (Lipinski definition) is 5. The van der Waals surface area contributed by atoms with Gasteiger partial charge in [0.25, 0.3) is 5.82 Å². The summed E-state index contributed by atoms with van der Waals surface area (Å²) in [5, 5.41) is 28.0. The Hall–Kier alpha value is -2.71. The van der Waals surface area contributed by atoms with Gasteiger partial charge in [-0.15, -0.1) is 5.10 Å². The first-order valence-electron chi connectivity index (χ1n) is 5.31. The van der Waals surface area contributed by atoms with E-state index in [1.165, 1.54) is 29.4 Å². The summed E-state index contributed by atoms with van der Waals surface area (Å²) in [6.07, 6.45) is 1.24. The van der Waals surface area contributed by atoms with Crippen molar-refractivity contribution in [3.63, 3.8) is 0 Å². The fraction of sp³-hybridized carbons (Fsp3) is 0.300. The number of carbonyl (C=O) groups is 1. The molecule has 1 N–H and O–H groups in total. The second-order valence-electron chi connectivity index (χ2n) is 4.03. The fourth-order valence-electron chi connectivity index (χ4n) is 1.90. The summed E-state index contributed by atoms with van der Waals surface area (Å²) in [5.41, 5.74) is 0.377. The lowest BCUT2D eigenvalue weighted by atomic mass is 10.2. The highest BCUT2D eigenvalue weighted by atomic mass is 16.6. The van der Waals surface area contributed by atoms with E-state index in [1.807, 2.05) is 0 Å². The molecule has 2 aromatic heterocycles. The van der Waals surface area contributed by atoms with E-state index in [1.54, 1.807) is 7.05 Å². The number of carboxylic acid groups (broad SMARTS) is 1. The van der Waals surface area contributed by atoms with E-state index in [-0.39, 0.29) is 22.8 Å². The molecule has 0 radical (unpaired) electrons. The zero-order chi connectivity index (χ0) is 14.3. The highest BCUT2D eigenvalue weighted by molar-refractivity contribution is 5.90. The van der Waals surface area contributed by atoms with Gasteiger partial charge >= 0.3 is 11.7 Å². The Kier molecular flexibility index (Phi) is 2.81. The summed E-state index contributed by atoms with van der Waals surface area (Å²) < 4.78 is 2.46. The molecule has 9 nitrogen and oxygen atoms in total. The molecule has 0 aliphatic heterocycles. The predicted molar refractivity (Wildman–Crippen MR) is 63.4 cm³/mol. The third-order valence-corrected chi connectivity index (χ3v) is 2.69. The van der Waals surface area contributed by atoms with E-state index >= 15 is 0 Å². The van der Waals surface area contributed by atoms with Crippen molar-refractivity contribution in [2.24, 2.45) is 7.05 Å². The van der Waals surface area contributed by atoms with Crippen molar-refractivity contribution in [1.29, 1.82) is 0 Å². The molecule has 0 unspecified atom stereocenters. The smallest absolute Gasteiger partial charge is 0.339 e. The van der Waals surface area contributed by atoms with Crippen molar-refractivity contribution in [2.75, 3.05) is 0 Å². The Balaban J connectivity index is 2.70. The predicted octanol–water partition coefficient (Wildman–Crippen LogP) is 0.829. The van der Waals surface area contributed by atoms with Gasteiger partial charge in [0.15, 0.2) is 0 Å². The maximum Gasteiger partial charge on any atom is 0.339 e. The molecule has 2 aromatic rings. The van der Waals surface area contributed by atoms with Gasteiger partial charge in [0.1, 0.15) is 11.8 Å². The van der Waals surface area contributed by atoms with Crippen LogP contribution in [-0.2, 0) is 7.05 Å². The molecule has 0 atom stereocenters. The van der Waals surface area contributed by atoms with E-state index in [0.29, 0.717) is 5.69 Å². The molecule has 2 heterocycles. The summed E-state index contributed by atoms with van der Waals surface area (Å²) >= 11 is 0. The molecular weight excluding hydrogens is 254 g/mol. The van der Waals surface area contributed by atoms with Gasteiger partial charge in [0.2, 0.25) is 0 Å². The molecule has 0 fully saturated rings. The number of nitro groups is 1. The number of carboxylic acids is 1.